The molecule has 0 saturated carbocycles. The van der Waals surface area contributed by atoms with Crippen LogP contribution in [0.25, 0.3) is 21.8 Å². The molecule has 3 aromatic rings. The SMILES string of the molecule is [2H]c1nncc2c3ccccc3n(C)c12. The molecule has 3 rings (SSSR count). The Bertz CT molecular complexity index is 657. The lowest BCUT2D eigenvalue weighted by Gasteiger charge is -1.94. The van der Waals surface area contributed by atoms with E-state index in [1.54, 1.807) is 6.20 Å². The monoisotopic (exact) mass is 184 g/mol. The topological polar surface area (TPSA) is 30.7 Å². The molecule has 0 saturated heterocycles. The van der Waals surface area contributed by atoms with Gasteiger partial charge in [-0.15, -0.1) is 0 Å². The fourth-order valence-electron chi connectivity index (χ4n) is 1.85. The van der Waals surface area contributed by atoms with Crippen LogP contribution in [-0.4, -0.2) is 14.8 Å². The van der Waals surface area contributed by atoms with E-state index in [1.807, 2.05) is 35.9 Å². The fourth-order valence-corrected chi connectivity index (χ4v) is 1.85. The molecule has 2 aromatic heterocycles. The van der Waals surface area contributed by atoms with Crippen molar-refractivity contribution in [2.24, 2.45) is 7.05 Å². The van der Waals surface area contributed by atoms with E-state index in [9.17, 15) is 0 Å². The number of para-hydroxylation sites is 1. The van der Waals surface area contributed by atoms with Gasteiger partial charge in [0.05, 0.1) is 19.3 Å². The molecule has 68 valence electrons. The van der Waals surface area contributed by atoms with Gasteiger partial charge in [0.15, 0.2) is 0 Å². The third kappa shape index (κ3) is 0.812. The van der Waals surface area contributed by atoms with Crippen molar-refractivity contribution in [1.29, 1.82) is 0 Å². The Morgan fingerprint density at radius 1 is 1.14 bits per heavy atom. The number of hydrogen-bond acceptors (Lipinski definition) is 2. The summed E-state index contributed by atoms with van der Waals surface area (Å²) in [6, 6.07) is 8.06. The van der Waals surface area contributed by atoms with Crippen LogP contribution in [0.3, 0.4) is 0 Å². The number of aromatic nitrogens is 3. The lowest BCUT2D eigenvalue weighted by Crippen LogP contribution is -1.87. The summed E-state index contributed by atoms with van der Waals surface area (Å²) in [6.07, 6.45) is 1.95. The minimum atomic E-state index is 0.228. The van der Waals surface area contributed by atoms with Gasteiger partial charge >= 0.3 is 0 Å². The Morgan fingerprint density at radius 2 is 2.00 bits per heavy atom. The minimum Gasteiger partial charge on any atom is -0.342 e. The molecule has 0 bridgehead atoms. The smallest absolute Gasteiger partial charge is 0.0883 e. The van der Waals surface area contributed by atoms with E-state index < -0.39 is 0 Å². The average Bonchev–Trinajstić information content (AvgIpc) is 2.55. The molecule has 3 nitrogen and oxygen atoms in total. The van der Waals surface area contributed by atoms with Crippen LogP contribution in [0.2, 0.25) is 0 Å². The number of aryl methyl sites for hydroxylation is 1. The van der Waals surface area contributed by atoms with E-state index in [0.29, 0.717) is 0 Å². The molecular weight excluding hydrogens is 174 g/mol. The van der Waals surface area contributed by atoms with Gasteiger partial charge < -0.3 is 4.57 Å². The largest absolute Gasteiger partial charge is 0.342 e. The van der Waals surface area contributed by atoms with Crippen LogP contribution in [0.5, 0.6) is 0 Å². The van der Waals surface area contributed by atoms with Crippen LogP contribution < -0.4 is 0 Å². The van der Waals surface area contributed by atoms with Crippen molar-refractivity contribution in [2.45, 2.75) is 0 Å². The third-order valence-electron chi connectivity index (χ3n) is 2.55. The summed E-state index contributed by atoms with van der Waals surface area (Å²) in [5, 5.41) is 9.70. The van der Waals surface area contributed by atoms with Crippen LogP contribution in [0.4, 0.5) is 0 Å². The normalized spacial score (nSPS) is 12.2. The first-order valence-electron chi connectivity index (χ1n) is 4.94. The predicted octanol–water partition coefficient (Wildman–Crippen LogP) is 2.12. The van der Waals surface area contributed by atoms with E-state index >= 15 is 0 Å². The lowest BCUT2D eigenvalue weighted by atomic mass is 10.2. The maximum atomic E-state index is 7.74. The van der Waals surface area contributed by atoms with Crippen molar-refractivity contribution in [3.05, 3.63) is 36.6 Å². The van der Waals surface area contributed by atoms with Crippen molar-refractivity contribution < 1.29 is 1.37 Å². The molecule has 2 heterocycles. The number of nitrogens with zero attached hydrogens (tertiary/aromatic N) is 3. The van der Waals surface area contributed by atoms with Crippen molar-refractivity contribution in [3.8, 4) is 0 Å². The number of rotatable bonds is 0. The standard InChI is InChI=1S/C11H9N3/c1-14-10-5-3-2-4-8(10)9-6-12-13-7-11(9)14/h2-7H,1H3/i7D. The van der Waals surface area contributed by atoms with E-state index in [1.165, 1.54) is 0 Å². The van der Waals surface area contributed by atoms with Crippen LogP contribution in [-0.2, 0) is 7.05 Å². The van der Waals surface area contributed by atoms with Crippen molar-refractivity contribution in [1.82, 2.24) is 14.8 Å². The van der Waals surface area contributed by atoms with Crippen LogP contribution in [0.1, 0.15) is 1.37 Å². The summed E-state index contributed by atoms with van der Waals surface area (Å²) in [6.45, 7) is 0. The average molecular weight is 184 g/mol. The Labute approximate surface area is 82.4 Å². The highest BCUT2D eigenvalue weighted by Gasteiger charge is 2.06. The van der Waals surface area contributed by atoms with Crippen LogP contribution >= 0.6 is 0 Å². The van der Waals surface area contributed by atoms with Crippen molar-refractivity contribution in [2.75, 3.05) is 0 Å². The van der Waals surface area contributed by atoms with Gasteiger partial charge in [0.2, 0.25) is 0 Å². The highest BCUT2D eigenvalue weighted by molar-refractivity contribution is 6.07. The molecule has 3 heteroatoms. The maximum absolute atomic E-state index is 7.74. The maximum Gasteiger partial charge on any atom is 0.0883 e. The first-order chi connectivity index (χ1) is 7.29. The molecule has 0 amide bonds. The Morgan fingerprint density at radius 3 is 2.93 bits per heavy atom. The summed E-state index contributed by atoms with van der Waals surface area (Å²) < 4.78 is 9.73. The van der Waals surface area contributed by atoms with Gasteiger partial charge in [-0.2, -0.15) is 10.2 Å². The Balaban J connectivity index is 2.69. The molecule has 0 atom stereocenters. The number of fused-ring (bicyclic) bond motifs is 3. The summed E-state index contributed by atoms with van der Waals surface area (Å²) >= 11 is 0. The summed E-state index contributed by atoms with van der Waals surface area (Å²) in [5.74, 6) is 0. The van der Waals surface area contributed by atoms with Gasteiger partial charge in [-0.1, -0.05) is 18.2 Å². The molecular formula is C11H9N3. The van der Waals surface area contributed by atoms with Gasteiger partial charge in [0.25, 0.3) is 0 Å². The number of hydrogen-bond donors (Lipinski definition) is 0. The number of benzene rings is 1. The molecule has 0 N–H and O–H groups in total. The zero-order chi connectivity index (χ0) is 10.4. The minimum absolute atomic E-state index is 0.228. The first kappa shape index (κ1) is 6.54. The molecule has 0 fully saturated rings. The van der Waals surface area contributed by atoms with E-state index in [-0.39, 0.29) is 6.17 Å². The van der Waals surface area contributed by atoms with Crippen LogP contribution in [0.15, 0.2) is 36.6 Å². The molecule has 0 aliphatic rings. The summed E-state index contributed by atoms with van der Waals surface area (Å²) in [4.78, 5) is 0. The molecule has 0 radical (unpaired) electrons. The van der Waals surface area contributed by atoms with Gasteiger partial charge in [0, 0.05) is 23.3 Å². The molecule has 14 heavy (non-hydrogen) atoms. The molecule has 0 spiro atoms. The zero-order valence-corrected chi connectivity index (χ0v) is 7.73. The van der Waals surface area contributed by atoms with E-state index in [0.717, 1.165) is 21.8 Å². The fraction of sp³-hybridized carbons (Fsp3) is 0.0909. The second-order valence-electron chi connectivity index (χ2n) is 3.29. The summed E-state index contributed by atoms with van der Waals surface area (Å²) in [5.41, 5.74) is 1.95. The molecule has 0 aliphatic carbocycles. The van der Waals surface area contributed by atoms with Crippen molar-refractivity contribution in [3.63, 3.8) is 0 Å². The van der Waals surface area contributed by atoms with E-state index in [2.05, 4.69) is 10.2 Å². The second-order valence-corrected chi connectivity index (χ2v) is 3.29. The molecule has 1 aromatic carbocycles. The highest BCUT2D eigenvalue weighted by atomic mass is 15.1. The summed E-state index contributed by atoms with van der Waals surface area (Å²) in [7, 11) is 1.95. The zero-order valence-electron chi connectivity index (χ0n) is 8.73. The molecule has 0 unspecified atom stereocenters. The Hall–Kier alpha value is -1.90. The van der Waals surface area contributed by atoms with Gasteiger partial charge in [-0.25, -0.2) is 0 Å². The van der Waals surface area contributed by atoms with Gasteiger partial charge in [0.1, 0.15) is 0 Å². The third-order valence-corrected chi connectivity index (χ3v) is 2.55. The quantitative estimate of drug-likeness (QED) is 0.535. The second kappa shape index (κ2) is 2.54. The predicted molar refractivity (Wildman–Crippen MR) is 56.0 cm³/mol. The highest BCUT2D eigenvalue weighted by Crippen LogP contribution is 2.25. The lowest BCUT2D eigenvalue weighted by molar-refractivity contribution is 0.984. The Kier molecular flexibility index (Phi) is 1.19. The van der Waals surface area contributed by atoms with Gasteiger partial charge in [-0.3, -0.25) is 0 Å². The van der Waals surface area contributed by atoms with Gasteiger partial charge in [-0.05, 0) is 6.07 Å². The van der Waals surface area contributed by atoms with Crippen molar-refractivity contribution >= 4 is 21.8 Å². The molecule has 0 aliphatic heterocycles. The van der Waals surface area contributed by atoms with E-state index in [4.69, 9.17) is 1.37 Å². The van der Waals surface area contributed by atoms with Crippen LogP contribution in [0, 0.1) is 0 Å². The first-order valence-corrected chi connectivity index (χ1v) is 4.44.